The molecule has 0 unspecified atom stereocenters. The lowest BCUT2D eigenvalue weighted by Crippen LogP contribution is -2.18. The van der Waals surface area contributed by atoms with Crippen LogP contribution in [0.5, 0.6) is 0 Å². The van der Waals surface area contributed by atoms with Crippen LogP contribution in [0.4, 0.5) is 14.5 Å². The minimum absolute atomic E-state index is 0.120. The van der Waals surface area contributed by atoms with E-state index in [4.69, 9.17) is 11.6 Å². The van der Waals surface area contributed by atoms with Crippen molar-refractivity contribution in [3.8, 4) is 0 Å². The van der Waals surface area contributed by atoms with Gasteiger partial charge in [0.1, 0.15) is 5.82 Å². The molecule has 1 atom stereocenters. The average Bonchev–Trinajstić information content (AvgIpc) is 3.24. The van der Waals surface area contributed by atoms with Crippen LogP contribution in [0, 0.1) is 11.6 Å². The molecule has 1 aromatic heterocycles. The molecule has 0 fully saturated rings. The molecule has 0 spiro atoms. The van der Waals surface area contributed by atoms with Crippen molar-refractivity contribution >= 4 is 34.3 Å². The lowest BCUT2D eigenvalue weighted by atomic mass is 10.0. The highest BCUT2D eigenvalue weighted by Crippen LogP contribution is 2.39. The third kappa shape index (κ3) is 3.17. The molecular formula is C19H13ClF2N2S. The van der Waals surface area contributed by atoms with E-state index in [0.717, 1.165) is 22.2 Å². The second-order valence-corrected chi connectivity index (χ2v) is 7.14. The number of rotatable bonds is 3. The smallest absolute Gasteiger partial charge is 0.151 e. The fourth-order valence-corrected chi connectivity index (χ4v) is 3.86. The Balaban J connectivity index is 1.77. The predicted octanol–water partition coefficient (Wildman–Crippen LogP) is 6.04. The van der Waals surface area contributed by atoms with Gasteiger partial charge in [0.05, 0.1) is 17.4 Å². The Morgan fingerprint density at radius 2 is 1.88 bits per heavy atom. The minimum atomic E-state index is -0.623. The van der Waals surface area contributed by atoms with Crippen molar-refractivity contribution in [3.63, 3.8) is 0 Å². The predicted molar refractivity (Wildman–Crippen MR) is 98.5 cm³/mol. The van der Waals surface area contributed by atoms with Crippen LogP contribution in [0.3, 0.4) is 0 Å². The summed E-state index contributed by atoms with van der Waals surface area (Å²) in [6.07, 6.45) is 0.638. The highest BCUT2D eigenvalue weighted by molar-refractivity contribution is 7.10. The molecule has 126 valence electrons. The number of anilines is 1. The zero-order valence-corrected chi connectivity index (χ0v) is 14.6. The Morgan fingerprint density at radius 1 is 1.08 bits per heavy atom. The summed E-state index contributed by atoms with van der Waals surface area (Å²) in [5, 5.41) is 8.91. The normalized spacial score (nSPS) is 17.0. The van der Waals surface area contributed by atoms with Crippen molar-refractivity contribution in [2.45, 2.75) is 12.5 Å². The molecule has 4 rings (SSSR count). The summed E-state index contributed by atoms with van der Waals surface area (Å²) in [6.45, 7) is 0. The van der Waals surface area contributed by atoms with Gasteiger partial charge in [-0.05, 0) is 41.3 Å². The van der Waals surface area contributed by atoms with E-state index >= 15 is 0 Å². The fraction of sp³-hybridized carbons (Fsp3) is 0.105. The molecule has 3 aromatic rings. The van der Waals surface area contributed by atoms with Gasteiger partial charge < -0.3 is 0 Å². The molecule has 6 heteroatoms. The van der Waals surface area contributed by atoms with Gasteiger partial charge in [0, 0.05) is 22.4 Å². The molecule has 2 nitrogen and oxygen atoms in total. The van der Waals surface area contributed by atoms with E-state index in [1.807, 2.05) is 29.6 Å². The molecule has 0 bridgehead atoms. The van der Waals surface area contributed by atoms with Crippen molar-refractivity contribution < 1.29 is 8.78 Å². The lowest BCUT2D eigenvalue weighted by molar-refractivity contribution is 0.574. The number of hydrazone groups is 1. The van der Waals surface area contributed by atoms with E-state index in [1.165, 1.54) is 12.1 Å². The topological polar surface area (TPSA) is 15.6 Å². The monoisotopic (exact) mass is 374 g/mol. The van der Waals surface area contributed by atoms with E-state index in [1.54, 1.807) is 28.5 Å². The molecule has 0 N–H and O–H groups in total. The van der Waals surface area contributed by atoms with E-state index in [2.05, 4.69) is 5.10 Å². The van der Waals surface area contributed by atoms with Crippen LogP contribution in [0.2, 0.25) is 5.02 Å². The molecular weight excluding hydrogens is 362 g/mol. The van der Waals surface area contributed by atoms with Gasteiger partial charge in [-0.15, -0.1) is 11.3 Å². The van der Waals surface area contributed by atoms with Gasteiger partial charge in [0.25, 0.3) is 0 Å². The molecule has 0 saturated heterocycles. The summed E-state index contributed by atoms with van der Waals surface area (Å²) in [4.78, 5) is 1.08. The Morgan fingerprint density at radius 3 is 2.56 bits per heavy atom. The summed E-state index contributed by atoms with van der Waals surface area (Å²) < 4.78 is 27.6. The van der Waals surface area contributed by atoms with Crippen molar-refractivity contribution in [2.75, 3.05) is 5.01 Å². The summed E-state index contributed by atoms with van der Waals surface area (Å²) >= 11 is 7.55. The molecule has 25 heavy (non-hydrogen) atoms. The van der Waals surface area contributed by atoms with Gasteiger partial charge in [-0.2, -0.15) is 5.10 Å². The fourth-order valence-electron chi connectivity index (χ4n) is 2.92. The Kier molecular flexibility index (Phi) is 4.27. The quantitative estimate of drug-likeness (QED) is 0.546. The van der Waals surface area contributed by atoms with Crippen LogP contribution in [0.25, 0.3) is 0 Å². The number of halogens is 3. The van der Waals surface area contributed by atoms with Crippen molar-refractivity contribution in [1.82, 2.24) is 0 Å². The zero-order valence-electron chi connectivity index (χ0n) is 13.0. The van der Waals surface area contributed by atoms with Crippen molar-refractivity contribution in [1.29, 1.82) is 0 Å². The minimum Gasteiger partial charge on any atom is -0.254 e. The Labute approximate surface area is 153 Å². The molecule has 2 aromatic carbocycles. The Bertz CT molecular complexity index is 923. The Hall–Kier alpha value is -2.24. The highest BCUT2D eigenvalue weighted by Gasteiger charge is 2.32. The van der Waals surface area contributed by atoms with Gasteiger partial charge in [-0.1, -0.05) is 29.8 Å². The molecule has 1 aliphatic heterocycles. The van der Waals surface area contributed by atoms with E-state index in [-0.39, 0.29) is 11.7 Å². The third-order valence-electron chi connectivity index (χ3n) is 4.12. The molecule has 0 radical (unpaired) electrons. The molecule has 0 saturated carbocycles. The van der Waals surface area contributed by atoms with Crippen LogP contribution in [0.1, 0.15) is 22.9 Å². The van der Waals surface area contributed by atoms with Gasteiger partial charge in [0.15, 0.2) is 5.82 Å². The second kappa shape index (κ2) is 6.58. The van der Waals surface area contributed by atoms with Crippen LogP contribution < -0.4 is 5.01 Å². The number of nitrogens with zero attached hydrogens (tertiary/aromatic N) is 2. The maximum atomic E-state index is 14.3. The van der Waals surface area contributed by atoms with Gasteiger partial charge in [-0.25, -0.2) is 8.78 Å². The third-order valence-corrected chi connectivity index (χ3v) is 5.34. The van der Waals surface area contributed by atoms with Crippen LogP contribution in [-0.2, 0) is 0 Å². The first-order chi connectivity index (χ1) is 12.1. The molecule has 0 amide bonds. The first-order valence-corrected chi connectivity index (χ1v) is 8.99. The maximum Gasteiger partial charge on any atom is 0.151 e. The highest BCUT2D eigenvalue weighted by atomic mass is 35.5. The van der Waals surface area contributed by atoms with Crippen molar-refractivity contribution in [3.05, 3.63) is 87.1 Å². The SMILES string of the molecule is Fc1ccc(N2N=C(c3ccc(Cl)cc3)C[C@H]2c2cccs2)c(F)c1. The second-order valence-electron chi connectivity index (χ2n) is 5.73. The van der Waals surface area contributed by atoms with Gasteiger partial charge in [-0.3, -0.25) is 5.01 Å². The van der Waals surface area contributed by atoms with E-state index in [9.17, 15) is 8.78 Å². The summed E-state index contributed by atoms with van der Waals surface area (Å²) in [7, 11) is 0. The molecule has 0 aliphatic carbocycles. The average molecular weight is 375 g/mol. The van der Waals surface area contributed by atoms with Crippen molar-refractivity contribution in [2.24, 2.45) is 5.10 Å². The summed E-state index contributed by atoms with van der Waals surface area (Å²) in [5.41, 5.74) is 2.05. The van der Waals surface area contributed by atoms with Gasteiger partial charge >= 0.3 is 0 Å². The summed E-state index contributed by atoms with van der Waals surface area (Å²) in [6, 6.07) is 14.8. The number of hydrogen-bond donors (Lipinski definition) is 0. The summed E-state index contributed by atoms with van der Waals surface area (Å²) in [5.74, 6) is -1.22. The zero-order chi connectivity index (χ0) is 17.4. The first-order valence-electron chi connectivity index (χ1n) is 7.73. The molecule has 2 heterocycles. The van der Waals surface area contributed by atoms with Gasteiger partial charge in [0.2, 0.25) is 0 Å². The largest absolute Gasteiger partial charge is 0.254 e. The van der Waals surface area contributed by atoms with E-state index in [0.29, 0.717) is 11.4 Å². The van der Waals surface area contributed by atoms with Crippen LogP contribution in [-0.4, -0.2) is 5.71 Å². The lowest BCUT2D eigenvalue weighted by Gasteiger charge is -2.23. The number of thiophene rings is 1. The first kappa shape index (κ1) is 16.2. The molecule has 1 aliphatic rings. The maximum absolute atomic E-state index is 14.3. The van der Waals surface area contributed by atoms with Crippen LogP contribution in [0.15, 0.2) is 65.1 Å². The van der Waals surface area contributed by atoms with Crippen LogP contribution >= 0.6 is 22.9 Å². The number of benzene rings is 2. The standard InChI is InChI=1S/C19H13ClF2N2S/c20-13-5-3-12(4-6-13)16-11-18(19-2-1-9-25-19)24(23-16)17-8-7-14(21)10-15(17)22/h1-10,18H,11H2/t18-/m0/s1. The van der Waals surface area contributed by atoms with E-state index < -0.39 is 11.6 Å². The number of hydrogen-bond acceptors (Lipinski definition) is 3.